The predicted molar refractivity (Wildman–Crippen MR) is 154 cm³/mol. The summed E-state index contributed by atoms with van der Waals surface area (Å²) in [6, 6.07) is 14.1. The molecular weight excluding hydrogens is 498 g/mol. The fourth-order valence-electron chi connectivity index (χ4n) is 4.81. The van der Waals surface area contributed by atoms with Crippen LogP contribution >= 0.6 is 11.3 Å². The second kappa shape index (κ2) is 13.3. The van der Waals surface area contributed by atoms with E-state index in [0.29, 0.717) is 0 Å². The van der Waals surface area contributed by atoms with E-state index in [0.717, 1.165) is 54.3 Å². The smallest absolute Gasteiger partial charge is 0.176 e. The zero-order valence-electron chi connectivity index (χ0n) is 23.4. The van der Waals surface area contributed by atoms with Crippen molar-refractivity contribution in [1.29, 1.82) is 0 Å². The number of likely N-dealkylation sites (tertiary alicyclic amines) is 1. The normalized spacial score (nSPS) is 17.4. The maximum Gasteiger partial charge on any atom is 0.176 e. The number of aromatic amines is 1. The lowest BCUT2D eigenvalue weighted by Gasteiger charge is -2.37. The lowest BCUT2D eigenvalue weighted by molar-refractivity contribution is 0.141. The molecule has 204 valence electrons. The van der Waals surface area contributed by atoms with Gasteiger partial charge in [-0.15, -0.1) is 11.3 Å². The Morgan fingerprint density at radius 2 is 1.74 bits per heavy atom. The zero-order chi connectivity index (χ0) is 27.8. The highest BCUT2D eigenvalue weighted by molar-refractivity contribution is 7.10. The molecule has 1 unspecified atom stereocenters. The summed E-state index contributed by atoms with van der Waals surface area (Å²) < 4.78 is 25.5. The Bertz CT molecular complexity index is 1210. The number of imidazole rings is 1. The van der Waals surface area contributed by atoms with E-state index in [-0.39, 0.29) is 21.9 Å². The molecule has 1 aliphatic rings. The van der Waals surface area contributed by atoms with E-state index in [1.807, 2.05) is 52.4 Å². The van der Waals surface area contributed by atoms with Crippen LogP contribution in [-0.2, 0) is 17.4 Å². The van der Waals surface area contributed by atoms with E-state index in [1.165, 1.54) is 29.0 Å². The molecule has 1 atom stereocenters. The Morgan fingerprint density at radius 3 is 2.29 bits per heavy atom. The van der Waals surface area contributed by atoms with Gasteiger partial charge in [-0.2, -0.15) is 4.39 Å². The average Bonchev–Trinajstić information content (AvgIpc) is 3.68. The fraction of sp³-hybridized carbons (Fsp3) is 0.419. The molecule has 4 aromatic rings. The van der Waals surface area contributed by atoms with Crippen LogP contribution in [0.15, 0.2) is 67.1 Å². The van der Waals surface area contributed by atoms with Crippen molar-refractivity contribution in [2.75, 3.05) is 13.1 Å². The van der Waals surface area contributed by atoms with Crippen LogP contribution in [-0.4, -0.2) is 32.9 Å². The van der Waals surface area contributed by atoms with Gasteiger partial charge in [-0.1, -0.05) is 37.6 Å². The van der Waals surface area contributed by atoms with Crippen LogP contribution in [0.5, 0.6) is 0 Å². The first-order chi connectivity index (χ1) is 18.2. The summed E-state index contributed by atoms with van der Waals surface area (Å²) in [4.78, 5) is 16.1. The summed E-state index contributed by atoms with van der Waals surface area (Å²) in [7, 11) is 0. The summed E-state index contributed by atoms with van der Waals surface area (Å²) in [6.45, 7) is 14.4. The van der Waals surface area contributed by atoms with E-state index in [1.54, 1.807) is 18.2 Å². The molecule has 0 saturated carbocycles. The summed E-state index contributed by atoms with van der Waals surface area (Å²) in [5.41, 5.74) is 3.21. The van der Waals surface area contributed by atoms with Crippen molar-refractivity contribution in [1.82, 2.24) is 19.9 Å². The SMILES string of the molecule is CC.Cc1ccc(C(C)(C)N2CCC(CCc3ccc(F)s3)(c3ncc[nH]3)C2)cn1.Cc1ccc(F)cc1. The van der Waals surface area contributed by atoms with Gasteiger partial charge in [-0.3, -0.25) is 9.88 Å². The first-order valence-corrected chi connectivity index (χ1v) is 14.1. The minimum atomic E-state index is -0.171. The fourth-order valence-corrected chi connectivity index (χ4v) is 5.54. The highest BCUT2D eigenvalue weighted by Crippen LogP contribution is 2.42. The molecule has 0 amide bonds. The Balaban J connectivity index is 0.000000339. The highest BCUT2D eigenvalue weighted by Gasteiger charge is 2.46. The predicted octanol–water partition coefficient (Wildman–Crippen LogP) is 7.99. The van der Waals surface area contributed by atoms with Crippen molar-refractivity contribution in [3.63, 3.8) is 0 Å². The summed E-state index contributed by atoms with van der Waals surface area (Å²) in [6.07, 6.45) is 8.60. The monoisotopic (exact) mass is 538 g/mol. The van der Waals surface area contributed by atoms with Crippen molar-refractivity contribution in [2.45, 2.75) is 71.8 Å². The molecule has 4 heterocycles. The number of rotatable bonds is 6. The van der Waals surface area contributed by atoms with Crippen LogP contribution in [0.2, 0.25) is 0 Å². The second-order valence-electron chi connectivity index (χ2n) is 10.1. The average molecular weight is 539 g/mol. The summed E-state index contributed by atoms with van der Waals surface area (Å²) in [5.74, 6) is 0.875. The molecule has 1 fully saturated rings. The number of hydrogen-bond acceptors (Lipinski definition) is 4. The number of benzene rings is 1. The number of nitrogens with zero attached hydrogens (tertiary/aromatic N) is 3. The third-order valence-corrected chi connectivity index (χ3v) is 8.19. The molecule has 1 aromatic carbocycles. The van der Waals surface area contributed by atoms with E-state index in [4.69, 9.17) is 0 Å². The molecular formula is C31H40F2N4S. The number of thiophene rings is 1. The zero-order valence-corrected chi connectivity index (χ0v) is 24.2. The maximum absolute atomic E-state index is 13.4. The Hall–Kier alpha value is -2.90. The van der Waals surface area contributed by atoms with Crippen LogP contribution in [0, 0.1) is 24.8 Å². The Kier molecular flexibility index (Phi) is 10.3. The maximum atomic E-state index is 13.4. The number of halogens is 2. The summed E-state index contributed by atoms with van der Waals surface area (Å²) in [5, 5.41) is -0.108. The number of aryl methyl sites for hydroxylation is 3. The number of nitrogens with one attached hydrogen (secondary N) is 1. The van der Waals surface area contributed by atoms with E-state index in [2.05, 4.69) is 45.8 Å². The van der Waals surface area contributed by atoms with E-state index >= 15 is 0 Å². The van der Waals surface area contributed by atoms with E-state index in [9.17, 15) is 8.78 Å². The third-order valence-electron chi connectivity index (χ3n) is 7.25. The van der Waals surface area contributed by atoms with Gasteiger partial charge in [0.15, 0.2) is 5.13 Å². The van der Waals surface area contributed by atoms with Crippen molar-refractivity contribution in [2.24, 2.45) is 0 Å². The van der Waals surface area contributed by atoms with Gasteiger partial charge >= 0.3 is 0 Å². The minimum Gasteiger partial charge on any atom is -0.348 e. The van der Waals surface area contributed by atoms with Gasteiger partial charge in [-0.25, -0.2) is 9.37 Å². The van der Waals surface area contributed by atoms with Crippen molar-refractivity contribution >= 4 is 11.3 Å². The van der Waals surface area contributed by atoms with Crippen molar-refractivity contribution in [3.8, 4) is 0 Å². The van der Waals surface area contributed by atoms with Gasteiger partial charge in [-0.05, 0) is 82.9 Å². The molecule has 1 saturated heterocycles. The number of hydrogen-bond donors (Lipinski definition) is 1. The molecule has 3 aromatic heterocycles. The lowest BCUT2D eigenvalue weighted by Crippen LogP contribution is -2.42. The molecule has 38 heavy (non-hydrogen) atoms. The number of pyridine rings is 1. The quantitative estimate of drug-likeness (QED) is 0.271. The number of aromatic nitrogens is 3. The molecule has 7 heteroatoms. The molecule has 5 rings (SSSR count). The third kappa shape index (κ3) is 7.35. The van der Waals surface area contributed by atoms with Crippen LogP contribution < -0.4 is 0 Å². The van der Waals surface area contributed by atoms with Gasteiger partial charge in [0.05, 0.1) is 0 Å². The first-order valence-electron chi connectivity index (χ1n) is 13.3. The van der Waals surface area contributed by atoms with Crippen molar-refractivity contribution in [3.05, 3.63) is 106 Å². The van der Waals surface area contributed by atoms with Crippen LogP contribution in [0.1, 0.15) is 68.1 Å². The van der Waals surface area contributed by atoms with E-state index < -0.39 is 0 Å². The Morgan fingerprint density at radius 1 is 1.00 bits per heavy atom. The van der Waals surface area contributed by atoms with Gasteiger partial charge in [0.25, 0.3) is 0 Å². The molecule has 0 radical (unpaired) electrons. The van der Waals surface area contributed by atoms with Crippen LogP contribution in [0.25, 0.3) is 0 Å². The highest BCUT2D eigenvalue weighted by atomic mass is 32.1. The van der Waals surface area contributed by atoms with Gasteiger partial charge < -0.3 is 4.98 Å². The van der Waals surface area contributed by atoms with Crippen molar-refractivity contribution < 1.29 is 8.78 Å². The summed E-state index contributed by atoms with van der Waals surface area (Å²) >= 11 is 1.25. The molecule has 1 N–H and O–H groups in total. The molecule has 0 aliphatic carbocycles. The molecule has 4 nitrogen and oxygen atoms in total. The molecule has 1 aliphatic heterocycles. The second-order valence-corrected chi connectivity index (χ2v) is 11.3. The van der Waals surface area contributed by atoms with Gasteiger partial charge in [0.2, 0.25) is 0 Å². The first kappa shape index (κ1) is 29.7. The Labute approximate surface area is 230 Å². The standard InChI is InChI=1S/C22H27FN4S.C7H7F.C2H6/c1-16-4-5-17(14-26-16)21(2,3)27-13-10-22(15-27,20-24-11-12-25-20)9-8-18-6-7-19(23)28-18;1-6-2-4-7(8)5-3-6;1-2/h4-7,11-12,14H,8-10,13,15H2,1-3H3,(H,24,25);2-5H,1H3;1-2H3. The minimum absolute atomic E-state index is 0.0423. The van der Waals surface area contributed by atoms with Gasteiger partial charge in [0.1, 0.15) is 11.6 Å². The largest absolute Gasteiger partial charge is 0.348 e. The number of H-pyrrole nitrogens is 1. The topological polar surface area (TPSA) is 44.8 Å². The van der Waals surface area contributed by atoms with Gasteiger partial charge in [0, 0.05) is 53.2 Å². The van der Waals surface area contributed by atoms with Crippen LogP contribution in [0.4, 0.5) is 8.78 Å². The lowest BCUT2D eigenvalue weighted by atomic mass is 9.81. The molecule has 0 bridgehead atoms. The molecule has 0 spiro atoms. The van der Waals surface area contributed by atoms with Crippen LogP contribution in [0.3, 0.4) is 0 Å².